The van der Waals surface area contributed by atoms with E-state index in [0.29, 0.717) is 19.3 Å². The second kappa shape index (κ2) is 70.6. The summed E-state index contributed by atoms with van der Waals surface area (Å²) in [6, 6.07) is 0. The molecule has 6 heteroatoms. The van der Waals surface area contributed by atoms with Crippen LogP contribution in [0.3, 0.4) is 0 Å². The molecule has 0 rings (SSSR count). The number of carbonyl (C=O) groups is 3. The molecule has 1 atom stereocenters. The van der Waals surface area contributed by atoms with Gasteiger partial charge in [-0.25, -0.2) is 0 Å². The fraction of sp³-hybridized carbons (Fsp3) is 0.829. The highest BCUT2D eigenvalue weighted by molar-refractivity contribution is 5.71. The molecule has 0 fully saturated rings. The molecule has 0 bridgehead atoms. The maximum absolute atomic E-state index is 12.9. The normalized spacial score (nSPS) is 12.4. The Labute approximate surface area is 510 Å². The van der Waals surface area contributed by atoms with Crippen molar-refractivity contribution in [3.8, 4) is 0 Å². The molecule has 1 unspecified atom stereocenters. The first-order valence-corrected chi connectivity index (χ1v) is 36.3. The van der Waals surface area contributed by atoms with Crippen molar-refractivity contribution in [1.82, 2.24) is 0 Å². The minimum atomic E-state index is -0.772. The van der Waals surface area contributed by atoms with Crippen LogP contribution >= 0.6 is 0 Å². The number of allylic oxidation sites excluding steroid dienone is 10. The summed E-state index contributed by atoms with van der Waals surface area (Å²) in [6.07, 6.45) is 91.4. The van der Waals surface area contributed by atoms with Gasteiger partial charge in [-0.05, 0) is 83.5 Å². The number of esters is 3. The third-order valence-corrected chi connectivity index (χ3v) is 16.3. The van der Waals surface area contributed by atoms with Crippen LogP contribution in [-0.4, -0.2) is 37.2 Å². The Bertz CT molecular complexity index is 1460. The molecule has 0 aliphatic carbocycles. The van der Waals surface area contributed by atoms with Crippen molar-refractivity contribution in [2.45, 2.75) is 393 Å². The van der Waals surface area contributed by atoms with Crippen molar-refractivity contribution in [3.05, 3.63) is 60.8 Å². The molecule has 0 aromatic carbocycles. The molecule has 82 heavy (non-hydrogen) atoms. The van der Waals surface area contributed by atoms with Crippen molar-refractivity contribution in [2.75, 3.05) is 13.2 Å². The first-order chi connectivity index (χ1) is 40.5. The summed E-state index contributed by atoms with van der Waals surface area (Å²) in [7, 11) is 0. The van der Waals surface area contributed by atoms with Crippen molar-refractivity contribution < 1.29 is 28.6 Å². The van der Waals surface area contributed by atoms with Crippen LogP contribution in [0.25, 0.3) is 0 Å². The highest BCUT2D eigenvalue weighted by Crippen LogP contribution is 2.18. The molecule has 0 spiro atoms. The van der Waals surface area contributed by atoms with E-state index < -0.39 is 6.10 Å². The molecule has 0 aliphatic heterocycles. The Hall–Kier alpha value is -2.89. The zero-order valence-corrected chi connectivity index (χ0v) is 55.0. The van der Waals surface area contributed by atoms with Crippen molar-refractivity contribution in [2.24, 2.45) is 0 Å². The van der Waals surface area contributed by atoms with E-state index in [9.17, 15) is 14.4 Å². The molecule has 0 saturated carbocycles. The van der Waals surface area contributed by atoms with E-state index in [-0.39, 0.29) is 31.1 Å². The molecule has 0 amide bonds. The van der Waals surface area contributed by atoms with Crippen LogP contribution in [0, 0.1) is 0 Å². The van der Waals surface area contributed by atoms with E-state index >= 15 is 0 Å². The van der Waals surface area contributed by atoms with Crippen LogP contribution < -0.4 is 0 Å². The molecule has 0 aliphatic rings. The third-order valence-electron chi connectivity index (χ3n) is 16.3. The van der Waals surface area contributed by atoms with Crippen molar-refractivity contribution in [3.63, 3.8) is 0 Å². The number of carbonyl (C=O) groups excluding carboxylic acids is 3. The minimum absolute atomic E-state index is 0.0697. The predicted molar refractivity (Wildman–Crippen MR) is 358 cm³/mol. The summed E-state index contributed by atoms with van der Waals surface area (Å²) >= 11 is 0. The first kappa shape index (κ1) is 79.1. The Morgan fingerprint density at radius 1 is 0.256 bits per heavy atom. The second-order valence-electron chi connectivity index (χ2n) is 24.5. The summed E-state index contributed by atoms with van der Waals surface area (Å²) in [5.41, 5.74) is 0. The van der Waals surface area contributed by atoms with Crippen molar-refractivity contribution >= 4 is 17.9 Å². The fourth-order valence-corrected chi connectivity index (χ4v) is 10.8. The molecular weight excluding hydrogens is 1010 g/mol. The molecule has 0 heterocycles. The molecule has 0 saturated heterocycles. The van der Waals surface area contributed by atoms with E-state index in [0.717, 1.165) is 83.5 Å². The van der Waals surface area contributed by atoms with Gasteiger partial charge in [0, 0.05) is 19.3 Å². The molecule has 0 aromatic heterocycles. The number of hydrogen-bond donors (Lipinski definition) is 0. The van der Waals surface area contributed by atoms with Gasteiger partial charge in [0.15, 0.2) is 6.10 Å². The lowest BCUT2D eigenvalue weighted by molar-refractivity contribution is -0.167. The third kappa shape index (κ3) is 67.9. The van der Waals surface area contributed by atoms with Gasteiger partial charge in [0.25, 0.3) is 0 Å². The lowest BCUT2D eigenvalue weighted by Gasteiger charge is -2.18. The largest absolute Gasteiger partial charge is 0.462 e. The van der Waals surface area contributed by atoms with Gasteiger partial charge in [-0.15, -0.1) is 0 Å². The van der Waals surface area contributed by atoms with Crippen LogP contribution in [0.2, 0.25) is 0 Å². The summed E-state index contributed by atoms with van der Waals surface area (Å²) in [5, 5.41) is 0. The average Bonchev–Trinajstić information content (AvgIpc) is 3.48. The molecular formula is C76H138O6. The Balaban J connectivity index is 4.05. The maximum atomic E-state index is 12.9. The van der Waals surface area contributed by atoms with Crippen LogP contribution in [0.1, 0.15) is 387 Å². The monoisotopic (exact) mass is 1150 g/mol. The highest BCUT2D eigenvalue weighted by Gasteiger charge is 2.19. The lowest BCUT2D eigenvalue weighted by Crippen LogP contribution is -2.30. The van der Waals surface area contributed by atoms with Crippen LogP contribution in [-0.2, 0) is 28.6 Å². The Morgan fingerprint density at radius 2 is 0.476 bits per heavy atom. The predicted octanol–water partition coefficient (Wildman–Crippen LogP) is 25.1. The van der Waals surface area contributed by atoms with Gasteiger partial charge < -0.3 is 14.2 Å². The first-order valence-electron chi connectivity index (χ1n) is 36.3. The summed E-state index contributed by atoms with van der Waals surface area (Å²) < 4.78 is 16.9. The van der Waals surface area contributed by atoms with Crippen LogP contribution in [0.5, 0.6) is 0 Å². The Morgan fingerprint density at radius 3 is 0.756 bits per heavy atom. The standard InChI is InChI=1S/C76H138O6/c1-4-7-10-13-16-19-21-23-25-27-29-31-33-35-36-37-38-39-40-42-43-45-47-49-51-53-55-57-60-63-66-69-75(78)81-72-73(71-80-74(77)68-65-62-59-18-15-12-9-6-3)82-76(79)70-67-64-61-58-56-54-52-50-48-46-44-41-34-32-30-28-26-24-22-20-17-14-11-8-5-2/h8,11,17,20,24,26-27,29-30,32,73H,4-7,9-10,12-16,18-19,21-23,25,28,31,33-72H2,1-3H3/b11-8-,20-17-,26-24-,29-27-,32-30-. The number of unbranched alkanes of at least 4 members (excludes halogenated alkanes) is 46. The molecule has 6 nitrogen and oxygen atoms in total. The molecule has 0 radical (unpaired) electrons. The quantitative estimate of drug-likeness (QED) is 0.0261. The van der Waals surface area contributed by atoms with Crippen LogP contribution in [0.15, 0.2) is 60.8 Å². The van der Waals surface area contributed by atoms with E-state index in [1.807, 2.05) is 0 Å². The lowest BCUT2D eigenvalue weighted by atomic mass is 10.0. The SMILES string of the molecule is CC/C=C\C/C=C\C/C=C\C/C=C\CCCCCCCCCCCCCCC(=O)OC(COC(=O)CCCCCCCCCC)COC(=O)CCCCCCCCCCCCCCCCCCCCC/C=C\CCCCCCCCCC. The summed E-state index contributed by atoms with van der Waals surface area (Å²) in [6.45, 7) is 6.56. The Kier molecular flexibility index (Phi) is 68.1. The van der Waals surface area contributed by atoms with Gasteiger partial charge in [-0.3, -0.25) is 14.4 Å². The van der Waals surface area contributed by atoms with Gasteiger partial charge >= 0.3 is 17.9 Å². The van der Waals surface area contributed by atoms with Gasteiger partial charge in [0.05, 0.1) is 0 Å². The summed E-state index contributed by atoms with van der Waals surface area (Å²) in [4.78, 5) is 38.3. The zero-order chi connectivity index (χ0) is 59.2. The minimum Gasteiger partial charge on any atom is -0.462 e. The smallest absolute Gasteiger partial charge is 0.306 e. The number of rotatable bonds is 67. The number of hydrogen-bond acceptors (Lipinski definition) is 6. The molecule has 478 valence electrons. The van der Waals surface area contributed by atoms with E-state index in [2.05, 4.69) is 81.5 Å². The highest BCUT2D eigenvalue weighted by atomic mass is 16.6. The fourth-order valence-electron chi connectivity index (χ4n) is 10.8. The molecule has 0 aromatic rings. The topological polar surface area (TPSA) is 78.9 Å². The maximum Gasteiger partial charge on any atom is 0.306 e. The van der Waals surface area contributed by atoms with Gasteiger partial charge in [0.1, 0.15) is 13.2 Å². The van der Waals surface area contributed by atoms with Crippen LogP contribution in [0.4, 0.5) is 0 Å². The van der Waals surface area contributed by atoms with E-state index in [1.165, 1.54) is 263 Å². The van der Waals surface area contributed by atoms with Gasteiger partial charge in [-0.1, -0.05) is 345 Å². The van der Waals surface area contributed by atoms with Crippen molar-refractivity contribution in [1.29, 1.82) is 0 Å². The number of ether oxygens (including phenoxy) is 3. The second-order valence-corrected chi connectivity index (χ2v) is 24.5. The van der Waals surface area contributed by atoms with Gasteiger partial charge in [-0.2, -0.15) is 0 Å². The zero-order valence-electron chi connectivity index (χ0n) is 55.0. The van der Waals surface area contributed by atoms with E-state index in [4.69, 9.17) is 14.2 Å². The average molecular weight is 1150 g/mol. The van der Waals surface area contributed by atoms with E-state index in [1.54, 1.807) is 0 Å². The summed E-state index contributed by atoms with van der Waals surface area (Å²) in [5.74, 6) is -0.853. The van der Waals surface area contributed by atoms with Gasteiger partial charge in [0.2, 0.25) is 0 Å². The molecule has 0 N–H and O–H groups in total.